The minimum Gasteiger partial charge on any atom is -0.466 e. The summed E-state index contributed by atoms with van der Waals surface area (Å²) in [5.41, 5.74) is 1.09. The van der Waals surface area contributed by atoms with Crippen LogP contribution in [0, 0.1) is 0 Å². The molecule has 0 amide bonds. The maximum atomic E-state index is 12.8. The highest BCUT2D eigenvalue weighted by Crippen LogP contribution is 2.23. The second-order valence-corrected chi connectivity index (χ2v) is 5.02. The lowest BCUT2D eigenvalue weighted by Crippen LogP contribution is -2.15. The van der Waals surface area contributed by atoms with Crippen LogP contribution in [0.1, 0.15) is 12.1 Å². The summed E-state index contributed by atoms with van der Waals surface area (Å²) in [4.78, 5) is 27.0. The molecular weight excluding hydrogens is 346 g/mol. The number of carbonyl (C=O) groups excluding carboxylic acids is 2. The Morgan fingerprint density at radius 3 is 2.35 bits per heavy atom. The number of ether oxygens (including phenoxy) is 2. The zero-order valence-electron chi connectivity index (χ0n) is 14.0. The number of nitrogens with zero attached hydrogens (tertiary/aromatic N) is 1. The van der Waals surface area contributed by atoms with Gasteiger partial charge in [0.15, 0.2) is 0 Å². The van der Waals surface area contributed by atoms with Crippen molar-refractivity contribution in [1.82, 2.24) is 4.98 Å². The normalized spacial score (nSPS) is 11.2. The van der Waals surface area contributed by atoms with Crippen molar-refractivity contribution in [3.8, 4) is 11.3 Å². The number of methoxy groups -OCH3 is 2. The van der Waals surface area contributed by atoms with E-state index in [0.29, 0.717) is 16.9 Å². The van der Waals surface area contributed by atoms with E-state index >= 15 is 0 Å². The molecule has 2 aromatic rings. The summed E-state index contributed by atoms with van der Waals surface area (Å²) in [6, 6.07) is 10.9. The summed E-state index contributed by atoms with van der Waals surface area (Å²) in [5, 5.41) is 2.75. The number of halogens is 2. The van der Waals surface area contributed by atoms with Gasteiger partial charge in [-0.05, 0) is 24.3 Å². The maximum Gasteiger partial charge on any atom is 0.354 e. The predicted molar refractivity (Wildman–Crippen MR) is 90.4 cm³/mol. The lowest BCUT2D eigenvalue weighted by Gasteiger charge is -2.10. The van der Waals surface area contributed by atoms with Crippen LogP contribution in [-0.2, 0) is 19.1 Å². The molecule has 0 fully saturated rings. The van der Waals surface area contributed by atoms with Crippen molar-refractivity contribution < 1.29 is 27.8 Å². The maximum absolute atomic E-state index is 12.8. The number of hydrogen-bond acceptors (Lipinski definition) is 6. The van der Waals surface area contributed by atoms with Gasteiger partial charge in [0, 0.05) is 11.3 Å². The summed E-state index contributed by atoms with van der Waals surface area (Å²) >= 11 is 0. The second-order valence-electron chi connectivity index (χ2n) is 5.02. The molecule has 26 heavy (non-hydrogen) atoms. The van der Waals surface area contributed by atoms with Gasteiger partial charge in [-0.1, -0.05) is 18.2 Å². The van der Waals surface area contributed by atoms with Gasteiger partial charge in [-0.2, -0.15) is 0 Å². The molecule has 8 heteroatoms. The Balaban J connectivity index is 2.23. The molecule has 136 valence electrons. The Hall–Kier alpha value is -3.29. The molecule has 0 saturated heterocycles. The van der Waals surface area contributed by atoms with E-state index in [-0.39, 0.29) is 11.4 Å². The van der Waals surface area contributed by atoms with Gasteiger partial charge in [-0.15, -0.1) is 0 Å². The van der Waals surface area contributed by atoms with Crippen LogP contribution in [-0.4, -0.2) is 31.1 Å². The fourth-order valence-corrected chi connectivity index (χ4v) is 2.05. The summed E-state index contributed by atoms with van der Waals surface area (Å²) in [6.45, 7) is 0. The van der Waals surface area contributed by atoms with Crippen molar-refractivity contribution in [3.05, 3.63) is 59.9 Å². The van der Waals surface area contributed by atoms with Crippen LogP contribution >= 0.6 is 0 Å². The van der Waals surface area contributed by atoms with Gasteiger partial charge in [0.1, 0.15) is 11.4 Å². The smallest absolute Gasteiger partial charge is 0.354 e. The zero-order chi connectivity index (χ0) is 19.1. The van der Waals surface area contributed by atoms with E-state index in [9.17, 15) is 18.4 Å². The van der Waals surface area contributed by atoms with E-state index in [0.717, 1.165) is 6.08 Å². The van der Waals surface area contributed by atoms with E-state index in [1.807, 2.05) is 0 Å². The van der Waals surface area contributed by atoms with E-state index < -0.39 is 18.4 Å². The molecule has 0 saturated carbocycles. The van der Waals surface area contributed by atoms with Gasteiger partial charge in [0.25, 0.3) is 6.43 Å². The first kappa shape index (κ1) is 19.0. The topological polar surface area (TPSA) is 77.5 Å². The molecule has 1 aromatic heterocycles. The van der Waals surface area contributed by atoms with E-state index in [2.05, 4.69) is 19.8 Å². The first-order chi connectivity index (χ1) is 12.4. The first-order valence-electron chi connectivity index (χ1n) is 7.45. The molecule has 1 aromatic carbocycles. The average Bonchev–Trinajstić information content (AvgIpc) is 2.67. The third-order valence-corrected chi connectivity index (χ3v) is 3.32. The van der Waals surface area contributed by atoms with Crippen LogP contribution in [0.4, 0.5) is 14.5 Å². The Labute approximate surface area is 148 Å². The molecule has 1 N–H and O–H groups in total. The average molecular weight is 362 g/mol. The largest absolute Gasteiger partial charge is 0.466 e. The van der Waals surface area contributed by atoms with Crippen LogP contribution < -0.4 is 5.32 Å². The van der Waals surface area contributed by atoms with Gasteiger partial charge in [-0.25, -0.2) is 23.4 Å². The minimum absolute atomic E-state index is 0.107. The number of aromatic nitrogens is 1. The molecule has 0 aliphatic rings. The molecule has 0 spiro atoms. The number of pyridine rings is 1. The van der Waals surface area contributed by atoms with Crippen molar-refractivity contribution in [2.75, 3.05) is 19.5 Å². The number of esters is 2. The quantitative estimate of drug-likeness (QED) is 0.627. The number of hydrogen-bond donors (Lipinski definition) is 1. The fraction of sp³-hybridized carbons (Fsp3) is 0.167. The second kappa shape index (κ2) is 8.70. The van der Waals surface area contributed by atoms with Crippen LogP contribution in [0.25, 0.3) is 11.3 Å². The van der Waals surface area contributed by atoms with Crippen LogP contribution in [0.2, 0.25) is 0 Å². The Morgan fingerprint density at radius 2 is 1.77 bits per heavy atom. The SMILES string of the molecule is COC(=O)/C=C(/Nc1ccc(-c2cccc(C(F)F)n2)cc1)C(=O)OC. The third-order valence-electron chi connectivity index (χ3n) is 3.32. The highest BCUT2D eigenvalue weighted by molar-refractivity contribution is 5.98. The number of rotatable bonds is 6. The molecule has 2 rings (SSSR count). The summed E-state index contributed by atoms with van der Waals surface area (Å²) in [5.74, 6) is -1.46. The monoisotopic (exact) mass is 362 g/mol. The van der Waals surface area contributed by atoms with Crippen molar-refractivity contribution in [3.63, 3.8) is 0 Å². The predicted octanol–water partition coefficient (Wildman–Crippen LogP) is 3.33. The third kappa shape index (κ3) is 4.85. The van der Waals surface area contributed by atoms with Crippen molar-refractivity contribution >= 4 is 17.6 Å². The number of benzene rings is 1. The Morgan fingerprint density at radius 1 is 1.08 bits per heavy atom. The van der Waals surface area contributed by atoms with E-state index in [1.54, 1.807) is 30.3 Å². The van der Waals surface area contributed by atoms with Gasteiger partial charge in [0.05, 0.1) is 26.0 Å². The molecule has 0 radical (unpaired) electrons. The highest BCUT2D eigenvalue weighted by atomic mass is 19.3. The molecule has 0 aliphatic carbocycles. The van der Waals surface area contributed by atoms with Crippen LogP contribution in [0.3, 0.4) is 0 Å². The first-order valence-corrected chi connectivity index (χ1v) is 7.45. The molecule has 1 heterocycles. The van der Waals surface area contributed by atoms with Crippen molar-refractivity contribution in [1.29, 1.82) is 0 Å². The molecule has 6 nitrogen and oxygen atoms in total. The molecule has 0 unspecified atom stereocenters. The minimum atomic E-state index is -2.65. The fourth-order valence-electron chi connectivity index (χ4n) is 2.05. The molecule has 0 bridgehead atoms. The highest BCUT2D eigenvalue weighted by Gasteiger charge is 2.13. The standard InChI is InChI=1S/C18H16F2N2O4/c1-25-16(23)10-15(18(24)26-2)21-12-8-6-11(7-9-12)13-4-3-5-14(22-13)17(19)20/h3-10,17,21H,1-2H3/b15-10+. The van der Waals surface area contributed by atoms with Crippen molar-refractivity contribution in [2.45, 2.75) is 6.43 Å². The van der Waals surface area contributed by atoms with Crippen molar-refractivity contribution in [2.24, 2.45) is 0 Å². The van der Waals surface area contributed by atoms with E-state index in [1.165, 1.54) is 26.4 Å². The van der Waals surface area contributed by atoms with Crippen LogP contribution in [0.5, 0.6) is 0 Å². The Kier molecular flexibility index (Phi) is 6.37. The summed E-state index contributed by atoms with van der Waals surface area (Å²) in [7, 11) is 2.36. The number of alkyl halides is 2. The molecule has 0 aliphatic heterocycles. The summed E-state index contributed by atoms with van der Waals surface area (Å²) < 4.78 is 34.6. The number of carbonyl (C=O) groups is 2. The van der Waals surface area contributed by atoms with Gasteiger partial charge >= 0.3 is 11.9 Å². The number of nitrogens with one attached hydrogen (secondary N) is 1. The van der Waals surface area contributed by atoms with Gasteiger partial charge < -0.3 is 14.8 Å². The lowest BCUT2D eigenvalue weighted by molar-refractivity contribution is -0.138. The van der Waals surface area contributed by atoms with Gasteiger partial charge in [0.2, 0.25) is 0 Å². The number of anilines is 1. The van der Waals surface area contributed by atoms with Gasteiger partial charge in [-0.3, -0.25) is 0 Å². The Bertz CT molecular complexity index is 820. The van der Waals surface area contributed by atoms with E-state index in [4.69, 9.17) is 0 Å². The zero-order valence-corrected chi connectivity index (χ0v) is 14.0. The lowest BCUT2D eigenvalue weighted by atomic mass is 10.1. The molecule has 0 atom stereocenters. The molecular formula is C18H16F2N2O4. The summed E-state index contributed by atoms with van der Waals surface area (Å²) in [6.07, 6.45) is -1.69. The van der Waals surface area contributed by atoms with Crippen LogP contribution in [0.15, 0.2) is 54.2 Å².